The number of aromatic nitrogens is 5. The van der Waals surface area contributed by atoms with Gasteiger partial charge in [-0.1, -0.05) is 0 Å². The number of hydrogen-bond donors (Lipinski definition) is 3. The van der Waals surface area contributed by atoms with Crippen LogP contribution in [0.4, 0.5) is 5.82 Å². The van der Waals surface area contributed by atoms with E-state index in [0.717, 1.165) is 42.1 Å². The number of rotatable bonds is 3. The van der Waals surface area contributed by atoms with Gasteiger partial charge in [0.1, 0.15) is 11.3 Å². The molecule has 7 nitrogen and oxygen atoms in total. The highest BCUT2D eigenvalue weighted by molar-refractivity contribution is 5.77. The molecule has 0 amide bonds. The number of fused-ring (bicyclic) bond motifs is 1. The number of H-pyrrole nitrogens is 1. The normalized spacial score (nSPS) is 18.5. The lowest BCUT2D eigenvalue weighted by Crippen LogP contribution is -2.38. The molecule has 0 radical (unpaired) electrons. The van der Waals surface area contributed by atoms with Crippen molar-refractivity contribution in [2.75, 3.05) is 18.4 Å². The molecule has 0 unspecified atom stereocenters. The molecule has 4 heterocycles. The lowest BCUT2D eigenvalue weighted by atomic mass is 10.1. The summed E-state index contributed by atoms with van der Waals surface area (Å²) in [6, 6.07) is 4.33. The van der Waals surface area contributed by atoms with Gasteiger partial charge in [-0.15, -0.1) is 0 Å². The summed E-state index contributed by atoms with van der Waals surface area (Å²) in [7, 11) is 0. The first-order valence-electron chi connectivity index (χ1n) is 7.49. The number of pyridine rings is 1. The third kappa shape index (κ3) is 2.50. The van der Waals surface area contributed by atoms with Crippen molar-refractivity contribution in [2.45, 2.75) is 18.9 Å². The first kappa shape index (κ1) is 13.1. The fraction of sp³-hybridized carbons (Fsp3) is 0.333. The van der Waals surface area contributed by atoms with Crippen LogP contribution in [0.5, 0.6) is 0 Å². The van der Waals surface area contributed by atoms with Crippen molar-refractivity contribution < 1.29 is 0 Å². The number of nitrogens with zero attached hydrogens (tertiary/aromatic N) is 4. The van der Waals surface area contributed by atoms with Crippen molar-refractivity contribution in [3.05, 3.63) is 30.7 Å². The van der Waals surface area contributed by atoms with E-state index in [9.17, 15) is 0 Å². The van der Waals surface area contributed by atoms with Crippen molar-refractivity contribution in [1.82, 2.24) is 30.5 Å². The van der Waals surface area contributed by atoms with Gasteiger partial charge in [0.05, 0.1) is 18.1 Å². The highest BCUT2D eigenvalue weighted by Crippen LogP contribution is 2.25. The molecule has 0 bridgehead atoms. The summed E-state index contributed by atoms with van der Waals surface area (Å²) in [6.45, 7) is 2.05. The molecule has 1 aliphatic heterocycles. The summed E-state index contributed by atoms with van der Waals surface area (Å²) >= 11 is 0. The minimum atomic E-state index is 0.396. The molecule has 22 heavy (non-hydrogen) atoms. The van der Waals surface area contributed by atoms with Crippen LogP contribution in [0.25, 0.3) is 22.4 Å². The van der Waals surface area contributed by atoms with Crippen LogP contribution in [-0.2, 0) is 0 Å². The van der Waals surface area contributed by atoms with Crippen LogP contribution < -0.4 is 10.6 Å². The number of aromatic amines is 1. The largest absolute Gasteiger partial charge is 0.366 e. The summed E-state index contributed by atoms with van der Waals surface area (Å²) in [5.41, 5.74) is 3.21. The van der Waals surface area contributed by atoms with E-state index in [-0.39, 0.29) is 0 Å². The van der Waals surface area contributed by atoms with Crippen molar-refractivity contribution in [1.29, 1.82) is 0 Å². The van der Waals surface area contributed by atoms with E-state index in [1.54, 1.807) is 18.6 Å². The predicted octanol–water partition coefficient (Wildman–Crippen LogP) is 1.58. The highest BCUT2D eigenvalue weighted by Gasteiger charge is 2.16. The SMILES string of the molecule is c1cnc(N[C@H]2CCCNC2)c(-c2cnc3[nH]ncc3n2)c1. The van der Waals surface area contributed by atoms with Crippen molar-refractivity contribution in [3.63, 3.8) is 0 Å². The lowest BCUT2D eigenvalue weighted by Gasteiger charge is -2.25. The Hall–Kier alpha value is -2.54. The van der Waals surface area contributed by atoms with Gasteiger partial charge in [0.25, 0.3) is 0 Å². The molecule has 0 aromatic carbocycles. The average molecular weight is 295 g/mol. The van der Waals surface area contributed by atoms with Gasteiger partial charge < -0.3 is 10.6 Å². The molecule has 4 rings (SSSR count). The zero-order chi connectivity index (χ0) is 14.8. The van der Waals surface area contributed by atoms with E-state index in [1.807, 2.05) is 12.1 Å². The van der Waals surface area contributed by atoms with Gasteiger partial charge in [0.2, 0.25) is 0 Å². The molecular weight excluding hydrogens is 278 g/mol. The summed E-state index contributed by atoms with van der Waals surface area (Å²) in [5.74, 6) is 0.855. The second-order valence-electron chi connectivity index (χ2n) is 5.45. The van der Waals surface area contributed by atoms with Crippen LogP contribution in [-0.4, -0.2) is 44.3 Å². The molecule has 1 saturated heterocycles. The van der Waals surface area contributed by atoms with Gasteiger partial charge in [-0.3, -0.25) is 5.10 Å². The van der Waals surface area contributed by atoms with Crippen LogP contribution >= 0.6 is 0 Å². The Balaban J connectivity index is 1.68. The Morgan fingerprint density at radius 2 is 2.23 bits per heavy atom. The molecule has 1 fully saturated rings. The molecule has 0 aliphatic carbocycles. The molecule has 1 aliphatic rings. The Morgan fingerprint density at radius 3 is 3.14 bits per heavy atom. The van der Waals surface area contributed by atoms with Crippen LogP contribution in [0.1, 0.15) is 12.8 Å². The van der Waals surface area contributed by atoms with Gasteiger partial charge in [-0.25, -0.2) is 15.0 Å². The summed E-state index contributed by atoms with van der Waals surface area (Å²) < 4.78 is 0. The first-order chi connectivity index (χ1) is 10.9. The Labute approximate surface area is 127 Å². The number of nitrogens with one attached hydrogen (secondary N) is 3. The van der Waals surface area contributed by atoms with E-state index in [2.05, 4.69) is 35.8 Å². The number of anilines is 1. The maximum Gasteiger partial charge on any atom is 0.174 e. The third-order valence-electron chi connectivity index (χ3n) is 3.88. The van der Waals surface area contributed by atoms with Crippen LogP contribution in [0, 0.1) is 0 Å². The second kappa shape index (κ2) is 5.69. The topological polar surface area (TPSA) is 91.4 Å². The number of piperidine rings is 1. The second-order valence-corrected chi connectivity index (χ2v) is 5.45. The van der Waals surface area contributed by atoms with Crippen molar-refractivity contribution in [2.24, 2.45) is 0 Å². The van der Waals surface area contributed by atoms with E-state index in [1.165, 1.54) is 6.42 Å². The number of hydrogen-bond acceptors (Lipinski definition) is 6. The van der Waals surface area contributed by atoms with Gasteiger partial charge in [-0.05, 0) is 31.5 Å². The Kier molecular flexibility index (Phi) is 3.40. The lowest BCUT2D eigenvalue weighted by molar-refractivity contribution is 0.479. The molecule has 7 heteroatoms. The summed E-state index contributed by atoms with van der Waals surface area (Å²) in [4.78, 5) is 13.5. The Bertz CT molecular complexity index is 776. The molecule has 3 aromatic heterocycles. The molecule has 3 N–H and O–H groups in total. The standard InChI is InChI=1S/C15H17N7/c1-3-10(7-16-5-1)20-14-11(4-2-6-17-14)12-8-18-15-13(21-12)9-19-22-15/h2,4,6,8-10,16H,1,3,5,7H2,(H,17,20)(H,18,19,22)/t10-/m0/s1. The fourth-order valence-corrected chi connectivity index (χ4v) is 2.76. The van der Waals surface area contributed by atoms with Gasteiger partial charge in [0.15, 0.2) is 5.65 Å². The summed E-state index contributed by atoms with van der Waals surface area (Å²) in [5, 5.41) is 13.7. The quantitative estimate of drug-likeness (QED) is 0.679. The van der Waals surface area contributed by atoms with Gasteiger partial charge in [0, 0.05) is 24.3 Å². The molecule has 0 spiro atoms. The fourth-order valence-electron chi connectivity index (χ4n) is 2.76. The van der Waals surface area contributed by atoms with Crippen molar-refractivity contribution >= 4 is 17.0 Å². The maximum atomic E-state index is 4.61. The van der Waals surface area contributed by atoms with Gasteiger partial charge in [-0.2, -0.15) is 5.10 Å². The van der Waals surface area contributed by atoms with E-state index < -0.39 is 0 Å². The zero-order valence-electron chi connectivity index (χ0n) is 12.1. The minimum absolute atomic E-state index is 0.396. The molecule has 0 saturated carbocycles. The maximum absolute atomic E-state index is 4.61. The summed E-state index contributed by atoms with van der Waals surface area (Å²) in [6.07, 6.45) is 7.56. The average Bonchev–Trinajstić information content (AvgIpc) is 3.04. The molecule has 1 atom stereocenters. The highest BCUT2D eigenvalue weighted by atomic mass is 15.1. The smallest absolute Gasteiger partial charge is 0.174 e. The predicted molar refractivity (Wildman–Crippen MR) is 84.4 cm³/mol. The van der Waals surface area contributed by atoms with Crippen LogP contribution in [0.3, 0.4) is 0 Å². The molecule has 3 aromatic rings. The molecule has 112 valence electrons. The third-order valence-corrected chi connectivity index (χ3v) is 3.88. The first-order valence-corrected chi connectivity index (χ1v) is 7.49. The van der Waals surface area contributed by atoms with Crippen LogP contribution in [0.15, 0.2) is 30.7 Å². The van der Waals surface area contributed by atoms with Gasteiger partial charge >= 0.3 is 0 Å². The van der Waals surface area contributed by atoms with E-state index >= 15 is 0 Å². The van der Waals surface area contributed by atoms with E-state index in [0.29, 0.717) is 11.7 Å². The van der Waals surface area contributed by atoms with E-state index in [4.69, 9.17) is 0 Å². The monoisotopic (exact) mass is 295 g/mol. The molecular formula is C15H17N7. The zero-order valence-corrected chi connectivity index (χ0v) is 12.1. The Morgan fingerprint density at radius 1 is 1.23 bits per heavy atom. The van der Waals surface area contributed by atoms with Crippen LogP contribution in [0.2, 0.25) is 0 Å². The minimum Gasteiger partial charge on any atom is -0.366 e. The van der Waals surface area contributed by atoms with Crippen molar-refractivity contribution in [3.8, 4) is 11.3 Å².